The molecule has 3 aromatic rings. The Balaban J connectivity index is 1.59. The average molecular weight is 397 g/mol. The van der Waals surface area contributed by atoms with Crippen molar-refractivity contribution in [3.63, 3.8) is 0 Å². The van der Waals surface area contributed by atoms with Gasteiger partial charge in [0.1, 0.15) is 15.7 Å². The smallest absolute Gasteiger partial charge is 0.273 e. The van der Waals surface area contributed by atoms with Crippen molar-refractivity contribution in [3.8, 4) is 10.6 Å². The van der Waals surface area contributed by atoms with Crippen molar-refractivity contribution >= 4 is 23.2 Å². The van der Waals surface area contributed by atoms with Gasteiger partial charge in [-0.3, -0.25) is 20.4 Å². The Morgan fingerprint density at radius 2 is 1.86 bits per heavy atom. The zero-order valence-electron chi connectivity index (χ0n) is 15.5. The summed E-state index contributed by atoms with van der Waals surface area (Å²) in [6.45, 7) is 3.48. The van der Waals surface area contributed by atoms with E-state index in [0.717, 1.165) is 16.1 Å². The summed E-state index contributed by atoms with van der Waals surface area (Å²) in [6, 6.07) is 15.7. The third-order valence-electron chi connectivity index (χ3n) is 4.20. The molecule has 1 atom stereocenters. The lowest BCUT2D eigenvalue weighted by atomic mass is 10.0. The summed E-state index contributed by atoms with van der Waals surface area (Å²) < 4.78 is 13.3. The van der Waals surface area contributed by atoms with Gasteiger partial charge in [0.2, 0.25) is 5.91 Å². The van der Waals surface area contributed by atoms with Crippen LogP contribution < -0.4 is 10.9 Å². The Morgan fingerprint density at radius 1 is 1.11 bits per heavy atom. The van der Waals surface area contributed by atoms with Gasteiger partial charge < -0.3 is 0 Å². The van der Waals surface area contributed by atoms with Crippen LogP contribution in [0.25, 0.3) is 10.6 Å². The molecule has 2 amide bonds. The standard InChI is InChI=1S/C21H20FN3O2S/c1-13(11-15-7-6-10-17(22)12-15)19(26)24-25-20(27)18-14(2)23-21(28-18)16-8-4-3-5-9-16/h3-10,12-13H,11H2,1-2H3,(H,24,26)(H,25,27). The maximum atomic E-state index is 13.3. The van der Waals surface area contributed by atoms with Gasteiger partial charge in [0.15, 0.2) is 0 Å². The molecular weight excluding hydrogens is 377 g/mol. The van der Waals surface area contributed by atoms with Crippen molar-refractivity contribution in [2.45, 2.75) is 20.3 Å². The third-order valence-corrected chi connectivity index (χ3v) is 5.41. The van der Waals surface area contributed by atoms with E-state index >= 15 is 0 Å². The SMILES string of the molecule is Cc1nc(-c2ccccc2)sc1C(=O)NNC(=O)C(C)Cc1cccc(F)c1. The van der Waals surface area contributed by atoms with Crippen LogP contribution in [0.5, 0.6) is 0 Å². The first-order chi connectivity index (χ1) is 13.4. The molecule has 0 saturated heterocycles. The van der Waals surface area contributed by atoms with Crippen LogP contribution in [0.3, 0.4) is 0 Å². The maximum Gasteiger partial charge on any atom is 0.281 e. The Labute approximate surface area is 166 Å². The topological polar surface area (TPSA) is 71.1 Å². The van der Waals surface area contributed by atoms with Crippen LogP contribution in [-0.4, -0.2) is 16.8 Å². The minimum Gasteiger partial charge on any atom is -0.273 e. The van der Waals surface area contributed by atoms with Crippen LogP contribution in [0.4, 0.5) is 4.39 Å². The largest absolute Gasteiger partial charge is 0.281 e. The van der Waals surface area contributed by atoms with Crippen molar-refractivity contribution in [1.29, 1.82) is 0 Å². The number of carbonyl (C=O) groups excluding carboxylic acids is 2. The normalized spacial score (nSPS) is 11.7. The third kappa shape index (κ3) is 4.80. The molecule has 0 aliphatic rings. The van der Waals surface area contributed by atoms with Gasteiger partial charge in [-0.2, -0.15) is 0 Å². The predicted octanol–water partition coefficient (Wildman–Crippen LogP) is 3.90. The summed E-state index contributed by atoms with van der Waals surface area (Å²) in [5.41, 5.74) is 7.13. The van der Waals surface area contributed by atoms with Crippen molar-refractivity contribution in [3.05, 3.63) is 76.5 Å². The number of benzene rings is 2. The van der Waals surface area contributed by atoms with E-state index in [9.17, 15) is 14.0 Å². The number of nitrogens with zero attached hydrogens (tertiary/aromatic N) is 1. The van der Waals surface area contributed by atoms with E-state index in [0.29, 0.717) is 17.0 Å². The number of hydrogen-bond acceptors (Lipinski definition) is 4. The molecule has 3 rings (SSSR count). The number of nitrogens with one attached hydrogen (secondary N) is 2. The predicted molar refractivity (Wildman–Crippen MR) is 107 cm³/mol. The van der Waals surface area contributed by atoms with Crippen LogP contribution in [0.15, 0.2) is 54.6 Å². The minimum absolute atomic E-state index is 0.340. The van der Waals surface area contributed by atoms with Gasteiger partial charge in [-0.1, -0.05) is 49.4 Å². The number of thiazole rings is 1. The Kier molecular flexibility index (Phi) is 6.16. The van der Waals surface area contributed by atoms with Crippen molar-refractivity contribution < 1.29 is 14.0 Å². The lowest BCUT2D eigenvalue weighted by Gasteiger charge is -2.13. The molecule has 144 valence electrons. The van der Waals surface area contributed by atoms with E-state index in [1.807, 2.05) is 30.3 Å². The molecule has 28 heavy (non-hydrogen) atoms. The van der Waals surface area contributed by atoms with Crippen molar-refractivity contribution in [2.75, 3.05) is 0 Å². The molecule has 0 radical (unpaired) electrons. The number of hydrazine groups is 1. The molecule has 2 N–H and O–H groups in total. The van der Waals surface area contributed by atoms with E-state index in [-0.39, 0.29) is 11.7 Å². The molecule has 1 heterocycles. The number of rotatable bonds is 5. The summed E-state index contributed by atoms with van der Waals surface area (Å²) in [5.74, 6) is -1.52. The van der Waals surface area contributed by atoms with E-state index in [1.165, 1.54) is 23.5 Å². The first kappa shape index (κ1) is 19.7. The molecular formula is C21H20FN3O2S. The molecule has 5 nitrogen and oxygen atoms in total. The molecule has 0 bridgehead atoms. The van der Waals surface area contributed by atoms with Gasteiger partial charge in [0, 0.05) is 11.5 Å². The second-order valence-electron chi connectivity index (χ2n) is 6.48. The second-order valence-corrected chi connectivity index (χ2v) is 7.48. The Hall–Kier alpha value is -3.06. The fourth-order valence-corrected chi connectivity index (χ4v) is 3.69. The van der Waals surface area contributed by atoms with Gasteiger partial charge in [-0.15, -0.1) is 11.3 Å². The van der Waals surface area contributed by atoms with E-state index in [1.54, 1.807) is 26.0 Å². The van der Waals surface area contributed by atoms with Crippen LogP contribution >= 0.6 is 11.3 Å². The Bertz CT molecular complexity index is 988. The van der Waals surface area contributed by atoms with E-state index < -0.39 is 11.8 Å². The molecule has 0 aliphatic carbocycles. The maximum absolute atomic E-state index is 13.3. The van der Waals surface area contributed by atoms with Crippen molar-refractivity contribution in [2.24, 2.45) is 5.92 Å². The van der Waals surface area contributed by atoms with Crippen LogP contribution in [-0.2, 0) is 11.2 Å². The summed E-state index contributed by atoms with van der Waals surface area (Å²) in [7, 11) is 0. The summed E-state index contributed by atoms with van der Waals surface area (Å²) in [5, 5.41) is 0.744. The molecule has 0 saturated carbocycles. The first-order valence-electron chi connectivity index (χ1n) is 8.81. The highest BCUT2D eigenvalue weighted by atomic mass is 32.1. The molecule has 1 unspecified atom stereocenters. The first-order valence-corrected chi connectivity index (χ1v) is 9.63. The van der Waals surface area contributed by atoms with E-state index in [2.05, 4.69) is 15.8 Å². The number of hydrogen-bond donors (Lipinski definition) is 2. The average Bonchev–Trinajstić information content (AvgIpc) is 3.08. The lowest BCUT2D eigenvalue weighted by molar-refractivity contribution is -0.125. The monoisotopic (exact) mass is 397 g/mol. The lowest BCUT2D eigenvalue weighted by Crippen LogP contribution is -2.44. The highest BCUT2D eigenvalue weighted by Crippen LogP contribution is 2.27. The summed E-state index contributed by atoms with van der Waals surface area (Å²) >= 11 is 1.27. The van der Waals surface area contributed by atoms with Gasteiger partial charge in [-0.25, -0.2) is 9.37 Å². The number of carbonyl (C=O) groups is 2. The molecule has 1 aromatic heterocycles. The van der Waals surface area contributed by atoms with Crippen LogP contribution in [0, 0.1) is 18.7 Å². The van der Waals surface area contributed by atoms with Gasteiger partial charge >= 0.3 is 0 Å². The number of amides is 2. The number of halogens is 1. The van der Waals surface area contributed by atoms with Gasteiger partial charge in [-0.05, 0) is 31.0 Å². The van der Waals surface area contributed by atoms with Crippen LogP contribution in [0.2, 0.25) is 0 Å². The zero-order chi connectivity index (χ0) is 20.1. The summed E-state index contributed by atoms with van der Waals surface area (Å²) in [4.78, 5) is 29.6. The molecule has 0 fully saturated rings. The number of aryl methyl sites for hydroxylation is 1. The minimum atomic E-state index is -0.426. The number of aromatic nitrogens is 1. The van der Waals surface area contributed by atoms with Crippen LogP contribution in [0.1, 0.15) is 27.9 Å². The van der Waals surface area contributed by atoms with Gasteiger partial charge in [0.25, 0.3) is 5.91 Å². The van der Waals surface area contributed by atoms with E-state index in [4.69, 9.17) is 0 Å². The second kappa shape index (κ2) is 8.75. The summed E-state index contributed by atoms with van der Waals surface area (Å²) in [6.07, 6.45) is 0.372. The Morgan fingerprint density at radius 3 is 2.57 bits per heavy atom. The molecule has 7 heteroatoms. The fraction of sp³-hybridized carbons (Fsp3) is 0.190. The molecule has 2 aromatic carbocycles. The highest BCUT2D eigenvalue weighted by molar-refractivity contribution is 7.17. The molecule has 0 spiro atoms. The van der Waals surface area contributed by atoms with Crippen molar-refractivity contribution in [1.82, 2.24) is 15.8 Å². The molecule has 0 aliphatic heterocycles. The quantitative estimate of drug-likeness (QED) is 0.642. The fourth-order valence-electron chi connectivity index (χ4n) is 2.72. The highest BCUT2D eigenvalue weighted by Gasteiger charge is 2.19. The van der Waals surface area contributed by atoms with Gasteiger partial charge in [0.05, 0.1) is 5.69 Å². The zero-order valence-corrected chi connectivity index (χ0v) is 16.3.